The van der Waals surface area contributed by atoms with E-state index in [0.717, 1.165) is 21.2 Å². The van der Waals surface area contributed by atoms with E-state index in [9.17, 15) is 14.0 Å². The fraction of sp³-hybridized carbons (Fsp3) is 0.200. The first-order valence-electron chi connectivity index (χ1n) is 10.2. The Balaban J connectivity index is 1.83. The van der Waals surface area contributed by atoms with E-state index in [1.54, 1.807) is 18.2 Å². The van der Waals surface area contributed by atoms with Crippen LogP contribution in [-0.4, -0.2) is 11.8 Å². The molecule has 2 aliphatic heterocycles. The van der Waals surface area contributed by atoms with Gasteiger partial charge in [0.05, 0.1) is 6.04 Å². The Kier molecular flexibility index (Phi) is 5.10. The van der Waals surface area contributed by atoms with Gasteiger partial charge in [0.25, 0.3) is 0 Å². The Bertz CT molecular complexity index is 1280. The van der Waals surface area contributed by atoms with Crippen molar-refractivity contribution in [3.63, 3.8) is 0 Å². The Morgan fingerprint density at radius 3 is 2.69 bits per heavy atom. The Hall–Kier alpha value is -2.70. The summed E-state index contributed by atoms with van der Waals surface area (Å²) in [7, 11) is 0. The lowest BCUT2D eigenvalue weighted by molar-refractivity contribution is -0.131. The van der Waals surface area contributed by atoms with E-state index in [1.165, 1.54) is 12.1 Å². The van der Waals surface area contributed by atoms with Gasteiger partial charge in [0, 0.05) is 27.5 Å². The zero-order valence-corrected chi connectivity index (χ0v) is 19.4. The van der Waals surface area contributed by atoms with Crippen LogP contribution in [-0.2, 0) is 15.0 Å². The largest absolute Gasteiger partial charge is 0.348 e. The average Bonchev–Trinajstić information content (AvgIpc) is 3.02. The van der Waals surface area contributed by atoms with E-state index in [4.69, 9.17) is 11.6 Å². The van der Waals surface area contributed by atoms with Crippen LogP contribution in [0.15, 0.2) is 65.1 Å². The van der Waals surface area contributed by atoms with Crippen molar-refractivity contribution in [2.45, 2.75) is 30.7 Å². The number of piperidine rings is 1. The Labute approximate surface area is 198 Å². The van der Waals surface area contributed by atoms with E-state index >= 15 is 0 Å². The van der Waals surface area contributed by atoms with E-state index in [1.807, 2.05) is 37.3 Å². The minimum Gasteiger partial charge on any atom is -0.348 e. The van der Waals surface area contributed by atoms with Gasteiger partial charge in [-0.2, -0.15) is 0 Å². The molecule has 2 N–H and O–H groups in total. The van der Waals surface area contributed by atoms with Gasteiger partial charge in [0.1, 0.15) is 11.2 Å². The molecule has 5 rings (SSSR count). The highest BCUT2D eigenvalue weighted by Crippen LogP contribution is 2.57. The molecular weight excluding hydrogens is 495 g/mol. The maximum Gasteiger partial charge on any atom is 0.238 e. The molecule has 3 aromatic carbocycles. The molecule has 162 valence electrons. The van der Waals surface area contributed by atoms with Gasteiger partial charge in [-0.15, -0.1) is 0 Å². The number of rotatable bonds is 2. The molecule has 32 heavy (non-hydrogen) atoms. The van der Waals surface area contributed by atoms with Crippen LogP contribution in [0.1, 0.15) is 40.6 Å². The van der Waals surface area contributed by atoms with Crippen LogP contribution in [0.5, 0.6) is 0 Å². The molecule has 1 unspecified atom stereocenters. The van der Waals surface area contributed by atoms with Gasteiger partial charge in [0.2, 0.25) is 11.8 Å². The van der Waals surface area contributed by atoms with Crippen molar-refractivity contribution >= 4 is 45.0 Å². The number of carbonyl (C=O) groups excluding carboxylic acids is 2. The summed E-state index contributed by atoms with van der Waals surface area (Å²) in [5.74, 6) is -1.35. The van der Waals surface area contributed by atoms with Gasteiger partial charge < -0.3 is 10.6 Å². The summed E-state index contributed by atoms with van der Waals surface area (Å²) in [6, 6.07) is 16.6. The molecule has 2 amide bonds. The minimum absolute atomic E-state index is 0.105. The predicted octanol–water partition coefficient (Wildman–Crippen LogP) is 5.78. The first kappa shape index (κ1) is 21.2. The molecule has 1 spiro atoms. The lowest BCUT2D eigenvalue weighted by Crippen LogP contribution is -2.57. The first-order chi connectivity index (χ1) is 15.3. The second-order valence-electron chi connectivity index (χ2n) is 8.33. The maximum atomic E-state index is 14.4. The second-order valence-corrected chi connectivity index (χ2v) is 9.68. The van der Waals surface area contributed by atoms with Gasteiger partial charge in [0.15, 0.2) is 0 Å². The number of fused-ring (bicyclic) bond motifs is 2. The third-order valence-corrected chi connectivity index (χ3v) is 7.28. The number of amides is 2. The number of hydrogen-bond donors (Lipinski definition) is 2. The van der Waals surface area contributed by atoms with Gasteiger partial charge in [-0.25, -0.2) is 4.39 Å². The minimum atomic E-state index is -1.17. The van der Waals surface area contributed by atoms with Gasteiger partial charge >= 0.3 is 0 Å². The average molecular weight is 514 g/mol. The summed E-state index contributed by atoms with van der Waals surface area (Å²) in [6.07, 6.45) is 0.105. The van der Waals surface area contributed by atoms with Gasteiger partial charge in [-0.1, -0.05) is 51.8 Å². The standard InChI is InChI=1S/C25H19BrClFN2O2/c1-13-5-7-17(28)11-18(13)23-25(19-8-6-15(26)10-21(19)29-24(25)32)20(12-22(31)30-23)14-3-2-4-16(27)9-14/h2-11,20,23H,12H2,1H3,(H,29,32)(H,30,31)/t20?,23-,25+/m1/s1. The van der Waals surface area contributed by atoms with Crippen LogP contribution in [0, 0.1) is 12.7 Å². The van der Waals surface area contributed by atoms with Crippen molar-refractivity contribution in [3.8, 4) is 0 Å². The van der Waals surface area contributed by atoms with Crippen LogP contribution in [0.4, 0.5) is 10.1 Å². The van der Waals surface area contributed by atoms with Crippen molar-refractivity contribution < 1.29 is 14.0 Å². The van der Waals surface area contributed by atoms with Gasteiger partial charge in [-0.05, 0) is 65.6 Å². The molecule has 4 nitrogen and oxygen atoms in total. The van der Waals surface area contributed by atoms with Crippen LogP contribution in [0.25, 0.3) is 0 Å². The number of nitrogens with one attached hydrogen (secondary N) is 2. The van der Waals surface area contributed by atoms with Crippen molar-refractivity contribution in [1.82, 2.24) is 5.32 Å². The molecule has 3 aromatic rings. The first-order valence-corrected chi connectivity index (χ1v) is 11.4. The lowest BCUT2D eigenvalue weighted by atomic mass is 9.59. The van der Waals surface area contributed by atoms with E-state index in [0.29, 0.717) is 16.3 Å². The molecule has 2 heterocycles. The Morgan fingerprint density at radius 2 is 1.91 bits per heavy atom. The fourth-order valence-corrected chi connectivity index (χ4v) is 5.75. The normalized spacial score (nSPS) is 24.2. The van der Waals surface area contributed by atoms with E-state index < -0.39 is 23.2 Å². The van der Waals surface area contributed by atoms with Crippen LogP contribution in [0.3, 0.4) is 0 Å². The maximum absolute atomic E-state index is 14.4. The van der Waals surface area contributed by atoms with Crippen LogP contribution in [0.2, 0.25) is 5.02 Å². The lowest BCUT2D eigenvalue weighted by Gasteiger charge is -2.46. The molecule has 0 radical (unpaired) electrons. The highest BCUT2D eigenvalue weighted by molar-refractivity contribution is 9.10. The molecule has 0 saturated carbocycles. The summed E-state index contributed by atoms with van der Waals surface area (Å²) in [6.45, 7) is 1.85. The second kappa shape index (κ2) is 7.71. The number of halogens is 3. The third-order valence-electron chi connectivity index (χ3n) is 6.55. The highest BCUT2D eigenvalue weighted by atomic mass is 79.9. The summed E-state index contributed by atoms with van der Waals surface area (Å²) in [5.41, 5.74) is 2.43. The monoisotopic (exact) mass is 512 g/mol. The number of hydrogen-bond acceptors (Lipinski definition) is 2. The molecule has 1 saturated heterocycles. The van der Waals surface area contributed by atoms with Crippen molar-refractivity contribution in [2.24, 2.45) is 0 Å². The molecule has 7 heteroatoms. The van der Waals surface area contributed by atoms with Crippen molar-refractivity contribution in [1.29, 1.82) is 0 Å². The third kappa shape index (κ3) is 3.16. The number of carbonyl (C=O) groups is 2. The van der Waals surface area contributed by atoms with Crippen LogP contribution < -0.4 is 10.6 Å². The fourth-order valence-electron chi connectivity index (χ4n) is 5.19. The topological polar surface area (TPSA) is 58.2 Å². The number of anilines is 1. The van der Waals surface area contributed by atoms with Crippen molar-refractivity contribution in [2.75, 3.05) is 5.32 Å². The number of benzene rings is 3. The molecule has 1 fully saturated rings. The molecule has 2 aliphatic rings. The molecule has 0 aromatic heterocycles. The summed E-state index contributed by atoms with van der Waals surface area (Å²) < 4.78 is 15.2. The highest BCUT2D eigenvalue weighted by Gasteiger charge is 2.61. The Morgan fingerprint density at radius 1 is 1.09 bits per heavy atom. The smallest absolute Gasteiger partial charge is 0.238 e. The van der Waals surface area contributed by atoms with E-state index in [2.05, 4.69) is 26.6 Å². The van der Waals surface area contributed by atoms with Crippen LogP contribution >= 0.6 is 27.5 Å². The van der Waals surface area contributed by atoms with Gasteiger partial charge in [-0.3, -0.25) is 9.59 Å². The van der Waals surface area contributed by atoms with E-state index in [-0.39, 0.29) is 18.2 Å². The zero-order chi connectivity index (χ0) is 22.6. The van der Waals surface area contributed by atoms with Crippen molar-refractivity contribution in [3.05, 3.63) is 98.2 Å². The SMILES string of the molecule is Cc1ccc(F)cc1[C@H]1NC(=O)CC(c2cccc(Cl)c2)[C@]12C(=O)Nc1cc(Br)ccc12. The molecular formula is C25H19BrClFN2O2. The zero-order valence-electron chi connectivity index (χ0n) is 17.1. The summed E-state index contributed by atoms with van der Waals surface area (Å²) >= 11 is 9.76. The summed E-state index contributed by atoms with van der Waals surface area (Å²) in [5, 5.41) is 6.56. The molecule has 0 aliphatic carbocycles. The quantitative estimate of drug-likeness (QED) is 0.456. The number of aryl methyl sites for hydroxylation is 1. The molecule has 0 bridgehead atoms. The summed E-state index contributed by atoms with van der Waals surface area (Å²) in [4.78, 5) is 26.8. The molecule has 3 atom stereocenters. The predicted molar refractivity (Wildman–Crippen MR) is 125 cm³/mol.